The van der Waals surface area contributed by atoms with Crippen LogP contribution in [0.15, 0.2) is 0 Å². The van der Waals surface area contributed by atoms with Crippen molar-refractivity contribution in [3.63, 3.8) is 0 Å². The van der Waals surface area contributed by atoms with Crippen molar-refractivity contribution in [2.24, 2.45) is 0 Å². The second-order valence-corrected chi connectivity index (χ2v) is 4.95. The van der Waals surface area contributed by atoms with Crippen LogP contribution >= 0.6 is 45.7 Å². The molecule has 1 heterocycles. The molecule has 1 rings (SSSR count). The summed E-state index contributed by atoms with van der Waals surface area (Å²) < 4.78 is 0. The van der Waals surface area contributed by atoms with Crippen molar-refractivity contribution in [2.45, 2.75) is 19.3 Å². The van der Waals surface area contributed by atoms with E-state index in [1.807, 2.05) is 0 Å². The zero-order chi connectivity index (χ0) is 9.36. The maximum absolute atomic E-state index is 3.48. The highest BCUT2D eigenvalue weighted by Crippen LogP contribution is 2.05. The Bertz CT molecular complexity index is 116. The highest BCUT2D eigenvalue weighted by molar-refractivity contribution is 8.93. The first-order valence-electron chi connectivity index (χ1n) is 5.36. The lowest BCUT2D eigenvalue weighted by Gasteiger charge is -2.17. The Morgan fingerprint density at radius 3 is 2.33 bits per heavy atom. The van der Waals surface area contributed by atoms with Crippen LogP contribution in [-0.2, 0) is 0 Å². The molecule has 0 bridgehead atoms. The van der Waals surface area contributed by atoms with Gasteiger partial charge in [0.15, 0.2) is 0 Å². The summed E-state index contributed by atoms with van der Waals surface area (Å²) in [5, 5.41) is 3.48. The van der Waals surface area contributed by atoms with Gasteiger partial charge in [0.05, 0.1) is 0 Å². The standard InChI is InChI=1S/C10H22N2S.2BrH/c1-12-7-2-5-11-6-3-9-13-10-4-8-12;;/h11H,2-10H2,1H3;2*1H. The van der Waals surface area contributed by atoms with Gasteiger partial charge in [-0.3, -0.25) is 0 Å². The Kier molecular flexibility index (Phi) is 16.5. The van der Waals surface area contributed by atoms with Crippen molar-refractivity contribution >= 4 is 45.7 Å². The van der Waals surface area contributed by atoms with E-state index < -0.39 is 0 Å². The van der Waals surface area contributed by atoms with E-state index in [0.29, 0.717) is 0 Å². The van der Waals surface area contributed by atoms with Gasteiger partial charge in [0.1, 0.15) is 0 Å². The maximum Gasteiger partial charge on any atom is -0.000968 e. The molecule has 0 radical (unpaired) electrons. The van der Waals surface area contributed by atoms with E-state index in [1.165, 1.54) is 56.9 Å². The monoisotopic (exact) mass is 362 g/mol. The molecular formula is C10H24Br2N2S. The van der Waals surface area contributed by atoms with Crippen LogP contribution in [0.1, 0.15) is 19.3 Å². The lowest BCUT2D eigenvalue weighted by molar-refractivity contribution is 0.328. The van der Waals surface area contributed by atoms with Gasteiger partial charge in [-0.1, -0.05) is 0 Å². The predicted octanol–water partition coefficient (Wildman–Crippen LogP) is 2.58. The minimum absolute atomic E-state index is 0. The molecule has 1 saturated heterocycles. The van der Waals surface area contributed by atoms with E-state index in [4.69, 9.17) is 0 Å². The summed E-state index contributed by atoms with van der Waals surface area (Å²) in [7, 11) is 2.23. The Balaban J connectivity index is 0. The molecule has 0 aromatic rings. The highest BCUT2D eigenvalue weighted by atomic mass is 79.9. The molecule has 0 amide bonds. The van der Waals surface area contributed by atoms with Crippen LogP contribution in [0.2, 0.25) is 0 Å². The van der Waals surface area contributed by atoms with Crippen LogP contribution in [0.3, 0.4) is 0 Å². The molecule has 15 heavy (non-hydrogen) atoms. The van der Waals surface area contributed by atoms with E-state index in [-0.39, 0.29) is 34.0 Å². The number of rotatable bonds is 0. The van der Waals surface area contributed by atoms with Crippen LogP contribution in [0.25, 0.3) is 0 Å². The zero-order valence-electron chi connectivity index (χ0n) is 9.54. The van der Waals surface area contributed by atoms with Gasteiger partial charge in [0, 0.05) is 0 Å². The molecule has 0 aromatic heterocycles. The Morgan fingerprint density at radius 2 is 1.53 bits per heavy atom. The molecule has 0 unspecified atom stereocenters. The molecule has 5 heteroatoms. The average molecular weight is 364 g/mol. The van der Waals surface area contributed by atoms with Gasteiger partial charge < -0.3 is 10.2 Å². The molecule has 1 fully saturated rings. The Morgan fingerprint density at radius 1 is 0.933 bits per heavy atom. The van der Waals surface area contributed by atoms with Crippen molar-refractivity contribution in [3.8, 4) is 0 Å². The lowest BCUT2D eigenvalue weighted by Crippen LogP contribution is -2.26. The fraction of sp³-hybridized carbons (Fsp3) is 1.00. The lowest BCUT2D eigenvalue weighted by atomic mass is 10.3. The summed E-state index contributed by atoms with van der Waals surface area (Å²) >= 11 is 2.10. The summed E-state index contributed by atoms with van der Waals surface area (Å²) in [6, 6.07) is 0. The zero-order valence-corrected chi connectivity index (χ0v) is 13.8. The Labute approximate surface area is 119 Å². The minimum atomic E-state index is 0. The topological polar surface area (TPSA) is 15.3 Å². The molecule has 1 aliphatic rings. The SMILES string of the molecule is Br.Br.CN1CCCNCCCSCCC1. The first-order valence-corrected chi connectivity index (χ1v) is 6.52. The molecule has 94 valence electrons. The number of thioether (sulfide) groups is 1. The van der Waals surface area contributed by atoms with Gasteiger partial charge in [-0.05, 0) is 64.0 Å². The third-order valence-corrected chi connectivity index (χ3v) is 3.52. The van der Waals surface area contributed by atoms with Crippen LogP contribution in [0.5, 0.6) is 0 Å². The second-order valence-electron chi connectivity index (χ2n) is 3.73. The van der Waals surface area contributed by atoms with Crippen LogP contribution in [0, 0.1) is 0 Å². The molecule has 0 spiro atoms. The normalized spacial score (nSPS) is 21.4. The number of hydrogen-bond acceptors (Lipinski definition) is 3. The fourth-order valence-electron chi connectivity index (χ4n) is 1.55. The molecule has 0 saturated carbocycles. The highest BCUT2D eigenvalue weighted by Gasteiger charge is 1.99. The van der Waals surface area contributed by atoms with E-state index in [9.17, 15) is 0 Å². The minimum Gasteiger partial charge on any atom is -0.317 e. The van der Waals surface area contributed by atoms with Gasteiger partial charge in [-0.2, -0.15) is 11.8 Å². The maximum atomic E-state index is 3.48. The average Bonchev–Trinajstić information content (AvgIpc) is 2.11. The third-order valence-electron chi connectivity index (χ3n) is 2.36. The summed E-state index contributed by atoms with van der Waals surface area (Å²) in [4.78, 5) is 2.45. The van der Waals surface area contributed by atoms with Crippen molar-refractivity contribution in [2.75, 3.05) is 44.7 Å². The number of nitrogens with zero attached hydrogens (tertiary/aromatic N) is 1. The molecule has 0 atom stereocenters. The van der Waals surface area contributed by atoms with Crippen molar-refractivity contribution in [1.29, 1.82) is 0 Å². The molecule has 0 aromatic carbocycles. The summed E-state index contributed by atoms with van der Waals surface area (Å²) in [5.41, 5.74) is 0. The van der Waals surface area contributed by atoms with E-state index in [0.717, 1.165) is 0 Å². The van der Waals surface area contributed by atoms with Gasteiger partial charge in [0.2, 0.25) is 0 Å². The van der Waals surface area contributed by atoms with Gasteiger partial charge in [0.25, 0.3) is 0 Å². The Hall–Kier alpha value is 1.23. The molecule has 2 nitrogen and oxygen atoms in total. The molecule has 0 aliphatic carbocycles. The van der Waals surface area contributed by atoms with Crippen molar-refractivity contribution in [1.82, 2.24) is 10.2 Å². The van der Waals surface area contributed by atoms with Crippen molar-refractivity contribution in [3.05, 3.63) is 0 Å². The van der Waals surface area contributed by atoms with E-state index in [2.05, 4.69) is 29.0 Å². The molecule has 1 N–H and O–H groups in total. The number of nitrogens with one attached hydrogen (secondary N) is 1. The summed E-state index contributed by atoms with van der Waals surface area (Å²) in [6.45, 7) is 4.91. The quantitative estimate of drug-likeness (QED) is 0.712. The summed E-state index contributed by atoms with van der Waals surface area (Å²) in [6.07, 6.45) is 3.98. The second kappa shape index (κ2) is 13.3. The van der Waals surface area contributed by atoms with Crippen LogP contribution in [0.4, 0.5) is 0 Å². The van der Waals surface area contributed by atoms with Gasteiger partial charge in [-0.15, -0.1) is 34.0 Å². The predicted molar refractivity (Wildman–Crippen MR) is 82.2 cm³/mol. The van der Waals surface area contributed by atoms with E-state index >= 15 is 0 Å². The number of hydrogen-bond donors (Lipinski definition) is 1. The molecule has 1 aliphatic heterocycles. The number of halogens is 2. The largest absolute Gasteiger partial charge is 0.317 e. The first-order chi connectivity index (χ1) is 6.39. The fourth-order valence-corrected chi connectivity index (χ4v) is 2.43. The van der Waals surface area contributed by atoms with Gasteiger partial charge >= 0.3 is 0 Å². The van der Waals surface area contributed by atoms with Crippen LogP contribution < -0.4 is 5.32 Å². The van der Waals surface area contributed by atoms with Crippen LogP contribution in [-0.4, -0.2) is 49.6 Å². The smallest absolute Gasteiger partial charge is 0.000968 e. The molecular weight excluding hydrogens is 340 g/mol. The van der Waals surface area contributed by atoms with Gasteiger partial charge in [-0.25, -0.2) is 0 Å². The van der Waals surface area contributed by atoms with E-state index in [1.54, 1.807) is 0 Å². The summed E-state index contributed by atoms with van der Waals surface area (Å²) in [5.74, 6) is 2.67. The van der Waals surface area contributed by atoms with Crippen molar-refractivity contribution < 1.29 is 0 Å². The third kappa shape index (κ3) is 11.5. The first kappa shape index (κ1) is 18.6.